The minimum absolute atomic E-state index is 0.406. The van der Waals surface area contributed by atoms with E-state index >= 15 is 0 Å². The Morgan fingerprint density at radius 1 is 1.47 bits per heavy atom. The number of rotatable bonds is 3. The van der Waals surface area contributed by atoms with Crippen LogP contribution in [0.15, 0.2) is 18.3 Å². The van der Waals surface area contributed by atoms with E-state index in [1.54, 1.807) is 4.52 Å². The van der Waals surface area contributed by atoms with Crippen molar-refractivity contribution in [1.29, 1.82) is 0 Å². The molecule has 0 amide bonds. The normalized spacial score (nSPS) is 13.0. The zero-order valence-corrected chi connectivity index (χ0v) is 9.36. The lowest BCUT2D eigenvalue weighted by Gasteiger charge is -2.07. The molecule has 0 radical (unpaired) electrons. The second kappa shape index (κ2) is 3.88. The van der Waals surface area contributed by atoms with Crippen LogP contribution < -0.4 is 5.32 Å². The van der Waals surface area contributed by atoms with Crippen molar-refractivity contribution in [2.45, 2.75) is 33.2 Å². The van der Waals surface area contributed by atoms with Gasteiger partial charge in [0.05, 0.1) is 0 Å². The van der Waals surface area contributed by atoms with Crippen molar-refractivity contribution in [3.63, 3.8) is 0 Å². The second-order valence-electron chi connectivity index (χ2n) is 3.90. The fourth-order valence-electron chi connectivity index (χ4n) is 1.37. The minimum Gasteiger partial charge on any atom is -0.350 e. The zero-order chi connectivity index (χ0) is 10.8. The van der Waals surface area contributed by atoms with E-state index in [0.717, 1.165) is 12.1 Å². The zero-order valence-electron chi connectivity index (χ0n) is 9.36. The lowest BCUT2D eigenvalue weighted by molar-refractivity contribution is 0.751. The van der Waals surface area contributed by atoms with Gasteiger partial charge in [0.15, 0.2) is 5.65 Å². The molecular weight excluding hydrogens is 188 g/mol. The molecular formula is C11H16N4. The highest BCUT2D eigenvalue weighted by molar-refractivity contribution is 5.44. The van der Waals surface area contributed by atoms with Crippen LogP contribution in [-0.4, -0.2) is 20.6 Å². The highest BCUT2D eigenvalue weighted by atomic mass is 15.3. The number of fused-ring (bicyclic) bond motifs is 1. The molecule has 2 aromatic rings. The van der Waals surface area contributed by atoms with E-state index in [4.69, 9.17) is 0 Å². The number of anilines is 1. The summed E-state index contributed by atoms with van der Waals surface area (Å²) in [5.41, 5.74) is 2.06. The number of hydrogen-bond acceptors (Lipinski definition) is 3. The number of nitrogens with one attached hydrogen (secondary N) is 1. The number of aryl methyl sites for hydroxylation is 1. The van der Waals surface area contributed by atoms with Crippen LogP contribution in [0, 0.1) is 6.92 Å². The molecule has 0 saturated carbocycles. The van der Waals surface area contributed by atoms with Crippen LogP contribution in [0.2, 0.25) is 0 Å². The Morgan fingerprint density at radius 2 is 2.27 bits per heavy atom. The van der Waals surface area contributed by atoms with Crippen molar-refractivity contribution in [3.05, 3.63) is 23.9 Å². The molecule has 0 aromatic carbocycles. The molecule has 2 rings (SSSR count). The molecule has 80 valence electrons. The molecule has 4 nitrogen and oxygen atoms in total. The second-order valence-corrected chi connectivity index (χ2v) is 3.90. The van der Waals surface area contributed by atoms with Crippen LogP contribution in [0.1, 0.15) is 25.8 Å². The van der Waals surface area contributed by atoms with Gasteiger partial charge < -0.3 is 5.32 Å². The lowest BCUT2D eigenvalue weighted by Crippen LogP contribution is -2.14. The van der Waals surface area contributed by atoms with E-state index < -0.39 is 0 Å². The molecule has 0 aliphatic carbocycles. The van der Waals surface area contributed by atoms with Gasteiger partial charge in [0.2, 0.25) is 5.95 Å². The van der Waals surface area contributed by atoms with Crippen molar-refractivity contribution in [1.82, 2.24) is 14.6 Å². The molecule has 1 atom stereocenters. The van der Waals surface area contributed by atoms with Gasteiger partial charge in [0.1, 0.15) is 0 Å². The summed E-state index contributed by atoms with van der Waals surface area (Å²) in [6.45, 7) is 6.30. The number of pyridine rings is 1. The molecule has 0 spiro atoms. The Morgan fingerprint density at radius 3 is 3.00 bits per heavy atom. The Balaban J connectivity index is 2.30. The van der Waals surface area contributed by atoms with Gasteiger partial charge >= 0.3 is 0 Å². The molecule has 15 heavy (non-hydrogen) atoms. The quantitative estimate of drug-likeness (QED) is 0.833. The average Bonchev–Trinajstić information content (AvgIpc) is 2.59. The molecule has 2 aromatic heterocycles. The summed E-state index contributed by atoms with van der Waals surface area (Å²) >= 11 is 0. The molecule has 1 unspecified atom stereocenters. The van der Waals surface area contributed by atoms with Gasteiger partial charge in [0.25, 0.3) is 0 Å². The van der Waals surface area contributed by atoms with E-state index in [1.165, 1.54) is 5.56 Å². The number of hydrogen-bond donors (Lipinski definition) is 1. The highest BCUT2D eigenvalue weighted by Crippen LogP contribution is 2.08. The Hall–Kier alpha value is -1.58. The first-order valence-corrected chi connectivity index (χ1v) is 5.28. The van der Waals surface area contributed by atoms with Crippen LogP contribution in [0.3, 0.4) is 0 Å². The molecule has 1 N–H and O–H groups in total. The maximum absolute atomic E-state index is 4.38. The monoisotopic (exact) mass is 204 g/mol. The third-order valence-corrected chi connectivity index (χ3v) is 2.47. The summed E-state index contributed by atoms with van der Waals surface area (Å²) in [4.78, 5) is 4.38. The maximum atomic E-state index is 4.38. The van der Waals surface area contributed by atoms with Crippen molar-refractivity contribution in [2.24, 2.45) is 0 Å². The minimum atomic E-state index is 0.406. The summed E-state index contributed by atoms with van der Waals surface area (Å²) in [5.74, 6) is 0.704. The average molecular weight is 204 g/mol. The van der Waals surface area contributed by atoms with Gasteiger partial charge in [-0.15, -0.1) is 5.10 Å². The summed E-state index contributed by atoms with van der Waals surface area (Å²) in [6.07, 6.45) is 3.04. The fraction of sp³-hybridized carbons (Fsp3) is 0.455. The predicted octanol–water partition coefficient (Wildman–Crippen LogP) is 2.25. The van der Waals surface area contributed by atoms with E-state index in [1.807, 2.05) is 25.3 Å². The van der Waals surface area contributed by atoms with Crippen LogP contribution >= 0.6 is 0 Å². The van der Waals surface area contributed by atoms with Crippen molar-refractivity contribution < 1.29 is 0 Å². The summed E-state index contributed by atoms with van der Waals surface area (Å²) in [5, 5.41) is 7.61. The third-order valence-electron chi connectivity index (χ3n) is 2.47. The Bertz CT molecular complexity index is 461. The molecule has 0 saturated heterocycles. The first kappa shape index (κ1) is 9.96. The SMILES string of the molecule is CCC(C)Nc1nc2ccc(C)cn2n1. The standard InChI is InChI=1S/C11H16N4/c1-4-9(3)12-11-13-10-6-5-8(2)7-15(10)14-11/h5-7,9H,4H2,1-3H3,(H,12,14). The van der Waals surface area contributed by atoms with E-state index in [-0.39, 0.29) is 0 Å². The van der Waals surface area contributed by atoms with Gasteiger partial charge in [-0.2, -0.15) is 4.98 Å². The predicted molar refractivity (Wildman–Crippen MR) is 61.1 cm³/mol. The van der Waals surface area contributed by atoms with Crippen molar-refractivity contribution in [2.75, 3.05) is 5.32 Å². The lowest BCUT2D eigenvalue weighted by atomic mass is 10.3. The Labute approximate surface area is 89.3 Å². The molecule has 0 aliphatic rings. The smallest absolute Gasteiger partial charge is 0.243 e. The summed E-state index contributed by atoms with van der Waals surface area (Å²) in [7, 11) is 0. The molecule has 4 heteroatoms. The van der Waals surface area contributed by atoms with Crippen molar-refractivity contribution in [3.8, 4) is 0 Å². The summed E-state index contributed by atoms with van der Waals surface area (Å²) in [6, 6.07) is 4.42. The van der Waals surface area contributed by atoms with E-state index in [2.05, 4.69) is 29.2 Å². The van der Waals surface area contributed by atoms with Gasteiger partial charge in [-0.1, -0.05) is 13.0 Å². The van der Waals surface area contributed by atoms with Crippen LogP contribution in [-0.2, 0) is 0 Å². The number of aromatic nitrogens is 3. The maximum Gasteiger partial charge on any atom is 0.243 e. The van der Waals surface area contributed by atoms with E-state index in [9.17, 15) is 0 Å². The van der Waals surface area contributed by atoms with E-state index in [0.29, 0.717) is 12.0 Å². The van der Waals surface area contributed by atoms with Crippen molar-refractivity contribution >= 4 is 11.6 Å². The largest absolute Gasteiger partial charge is 0.350 e. The fourth-order valence-corrected chi connectivity index (χ4v) is 1.37. The van der Waals surface area contributed by atoms with Crippen LogP contribution in [0.25, 0.3) is 5.65 Å². The van der Waals surface area contributed by atoms with Gasteiger partial charge in [0, 0.05) is 12.2 Å². The molecule has 0 aliphatic heterocycles. The first-order valence-electron chi connectivity index (χ1n) is 5.28. The third kappa shape index (κ3) is 2.09. The first-order chi connectivity index (χ1) is 7.19. The number of nitrogens with zero attached hydrogens (tertiary/aromatic N) is 3. The van der Waals surface area contributed by atoms with Gasteiger partial charge in [-0.3, -0.25) is 0 Å². The van der Waals surface area contributed by atoms with Gasteiger partial charge in [-0.05, 0) is 31.9 Å². The van der Waals surface area contributed by atoms with Crippen LogP contribution in [0.5, 0.6) is 0 Å². The van der Waals surface area contributed by atoms with Crippen LogP contribution in [0.4, 0.5) is 5.95 Å². The Kier molecular flexibility index (Phi) is 2.58. The molecule has 0 fully saturated rings. The topological polar surface area (TPSA) is 42.2 Å². The highest BCUT2D eigenvalue weighted by Gasteiger charge is 2.05. The summed E-state index contributed by atoms with van der Waals surface area (Å²) < 4.78 is 1.81. The van der Waals surface area contributed by atoms with Gasteiger partial charge in [-0.25, -0.2) is 4.52 Å². The molecule has 0 bridgehead atoms. The molecule has 2 heterocycles.